The van der Waals surface area contributed by atoms with E-state index in [1.807, 2.05) is 23.6 Å². The minimum absolute atomic E-state index is 0.00348. The second kappa shape index (κ2) is 7.73. The first kappa shape index (κ1) is 16.9. The zero-order chi connectivity index (χ0) is 16.9. The summed E-state index contributed by atoms with van der Waals surface area (Å²) >= 11 is 1.63. The van der Waals surface area contributed by atoms with Crippen LogP contribution in [0.2, 0.25) is 0 Å². The van der Waals surface area contributed by atoms with Crippen LogP contribution < -0.4 is 0 Å². The third-order valence-electron chi connectivity index (χ3n) is 4.66. The van der Waals surface area contributed by atoms with Gasteiger partial charge in [0, 0.05) is 49.9 Å². The lowest BCUT2D eigenvalue weighted by atomic mass is 9.92. The molecule has 0 radical (unpaired) electrons. The van der Waals surface area contributed by atoms with Gasteiger partial charge in [-0.05, 0) is 22.4 Å². The van der Waals surface area contributed by atoms with E-state index in [1.165, 1.54) is 5.56 Å². The van der Waals surface area contributed by atoms with Gasteiger partial charge in [0.1, 0.15) is 0 Å². The third kappa shape index (κ3) is 3.74. The summed E-state index contributed by atoms with van der Waals surface area (Å²) in [7, 11) is 0. The lowest BCUT2D eigenvalue weighted by Gasteiger charge is -2.16. The largest absolute Gasteiger partial charge is 0.396 e. The van der Waals surface area contributed by atoms with Crippen molar-refractivity contribution in [1.29, 1.82) is 0 Å². The Morgan fingerprint density at radius 1 is 1.12 bits per heavy atom. The van der Waals surface area contributed by atoms with Crippen molar-refractivity contribution in [3.63, 3.8) is 0 Å². The fourth-order valence-corrected chi connectivity index (χ4v) is 4.00. The van der Waals surface area contributed by atoms with Crippen LogP contribution in [-0.2, 0) is 4.79 Å². The summed E-state index contributed by atoms with van der Waals surface area (Å²) in [6.45, 7) is 1.27. The molecule has 1 aliphatic heterocycles. The number of ketones is 1. The molecule has 1 aromatic carbocycles. The number of aliphatic hydroxyl groups excluding tert-OH is 1. The van der Waals surface area contributed by atoms with Crippen LogP contribution in [0.3, 0.4) is 0 Å². The molecule has 1 fully saturated rings. The molecule has 1 aromatic heterocycles. The first-order chi connectivity index (χ1) is 11.7. The molecule has 0 saturated carbocycles. The highest BCUT2D eigenvalue weighted by atomic mass is 32.1. The van der Waals surface area contributed by atoms with Crippen LogP contribution in [0.1, 0.15) is 34.7 Å². The maximum absolute atomic E-state index is 12.5. The van der Waals surface area contributed by atoms with Crippen molar-refractivity contribution in [2.45, 2.75) is 18.8 Å². The quantitative estimate of drug-likeness (QED) is 0.821. The summed E-state index contributed by atoms with van der Waals surface area (Å²) in [6, 6.07) is 11.1. The Hall–Kier alpha value is -1.98. The van der Waals surface area contributed by atoms with Gasteiger partial charge >= 0.3 is 0 Å². The standard InChI is InChI=1S/C19H21NO3S/c21-12-16-10-20(11-17(16)15-8-9-24-13-15)19(23)7-6-18(22)14-4-2-1-3-5-14/h1-5,8-9,13,16-17,21H,6-7,10-12H2/t16-,17-/m0/s1. The van der Waals surface area contributed by atoms with Crippen LogP contribution in [0, 0.1) is 5.92 Å². The van der Waals surface area contributed by atoms with Crippen molar-refractivity contribution < 1.29 is 14.7 Å². The maximum Gasteiger partial charge on any atom is 0.223 e. The fourth-order valence-electron chi connectivity index (χ4n) is 3.27. The Balaban J connectivity index is 1.57. The number of nitrogens with zero attached hydrogens (tertiary/aromatic N) is 1. The Bertz CT molecular complexity index is 684. The number of rotatable bonds is 6. The Labute approximate surface area is 145 Å². The van der Waals surface area contributed by atoms with E-state index in [4.69, 9.17) is 0 Å². The Kier molecular flexibility index (Phi) is 5.43. The average molecular weight is 343 g/mol. The molecule has 126 valence electrons. The average Bonchev–Trinajstić information content (AvgIpc) is 3.28. The van der Waals surface area contributed by atoms with Crippen LogP contribution >= 0.6 is 11.3 Å². The third-order valence-corrected chi connectivity index (χ3v) is 5.36. The van der Waals surface area contributed by atoms with Gasteiger partial charge in [-0.2, -0.15) is 11.3 Å². The monoisotopic (exact) mass is 343 g/mol. The second-order valence-corrected chi connectivity index (χ2v) is 6.97. The first-order valence-electron chi connectivity index (χ1n) is 8.18. The van der Waals surface area contributed by atoms with Crippen molar-refractivity contribution in [2.24, 2.45) is 5.92 Å². The molecule has 0 unspecified atom stereocenters. The molecule has 2 heterocycles. The van der Waals surface area contributed by atoms with Crippen molar-refractivity contribution in [2.75, 3.05) is 19.7 Å². The molecule has 3 rings (SSSR count). The molecular weight excluding hydrogens is 322 g/mol. The van der Waals surface area contributed by atoms with Gasteiger partial charge in [0.25, 0.3) is 0 Å². The molecule has 1 saturated heterocycles. The van der Waals surface area contributed by atoms with Gasteiger partial charge in [0.2, 0.25) is 5.91 Å². The molecule has 2 atom stereocenters. The highest BCUT2D eigenvalue weighted by Gasteiger charge is 2.35. The minimum Gasteiger partial charge on any atom is -0.396 e. The van der Waals surface area contributed by atoms with Gasteiger partial charge in [-0.25, -0.2) is 0 Å². The molecule has 0 bridgehead atoms. The number of aliphatic hydroxyl groups is 1. The molecule has 5 heteroatoms. The molecule has 4 nitrogen and oxygen atoms in total. The molecule has 24 heavy (non-hydrogen) atoms. The molecule has 0 spiro atoms. The molecule has 0 aliphatic carbocycles. The predicted octanol–water partition coefficient (Wildman–Crippen LogP) is 2.95. The van der Waals surface area contributed by atoms with Crippen LogP contribution in [0.4, 0.5) is 0 Å². The SMILES string of the molecule is O=C(CCC(=O)N1C[C@@H](CO)[C@H](c2ccsc2)C1)c1ccccc1. The second-order valence-electron chi connectivity index (χ2n) is 6.19. The summed E-state index contributed by atoms with van der Waals surface area (Å²) in [4.78, 5) is 26.4. The van der Waals surface area contributed by atoms with E-state index in [0.29, 0.717) is 18.7 Å². The number of carbonyl (C=O) groups is 2. The highest BCUT2D eigenvalue weighted by molar-refractivity contribution is 7.08. The number of Topliss-reactive ketones (excluding diaryl/α,β-unsaturated/α-hetero) is 1. The number of hydrogen-bond donors (Lipinski definition) is 1. The molecule has 1 aliphatic rings. The number of thiophene rings is 1. The van der Waals surface area contributed by atoms with E-state index in [9.17, 15) is 14.7 Å². The summed E-state index contributed by atoms with van der Waals surface area (Å²) in [5.41, 5.74) is 1.84. The topological polar surface area (TPSA) is 57.6 Å². The number of carbonyl (C=O) groups excluding carboxylic acids is 2. The van der Waals surface area contributed by atoms with E-state index < -0.39 is 0 Å². The van der Waals surface area contributed by atoms with E-state index in [-0.39, 0.29) is 43.0 Å². The van der Waals surface area contributed by atoms with Gasteiger partial charge in [-0.3, -0.25) is 9.59 Å². The molecule has 1 N–H and O–H groups in total. The maximum atomic E-state index is 12.5. The fraction of sp³-hybridized carbons (Fsp3) is 0.368. The summed E-state index contributed by atoms with van der Waals surface area (Å²) < 4.78 is 0. The Morgan fingerprint density at radius 3 is 2.58 bits per heavy atom. The van der Waals surface area contributed by atoms with Crippen molar-refractivity contribution in [3.05, 3.63) is 58.3 Å². The number of benzene rings is 1. The van der Waals surface area contributed by atoms with Crippen LogP contribution in [0.25, 0.3) is 0 Å². The highest BCUT2D eigenvalue weighted by Crippen LogP contribution is 2.33. The summed E-state index contributed by atoms with van der Waals surface area (Å²) in [5, 5.41) is 13.7. The van der Waals surface area contributed by atoms with E-state index >= 15 is 0 Å². The van der Waals surface area contributed by atoms with Crippen LogP contribution in [0.5, 0.6) is 0 Å². The molecule has 2 aromatic rings. The van der Waals surface area contributed by atoms with E-state index in [1.54, 1.807) is 28.4 Å². The zero-order valence-electron chi connectivity index (χ0n) is 13.4. The minimum atomic E-state index is -0.00420. The van der Waals surface area contributed by atoms with Gasteiger partial charge in [0.05, 0.1) is 0 Å². The van der Waals surface area contributed by atoms with Crippen LogP contribution in [0.15, 0.2) is 47.2 Å². The van der Waals surface area contributed by atoms with Crippen molar-refractivity contribution in [1.82, 2.24) is 4.90 Å². The first-order valence-corrected chi connectivity index (χ1v) is 9.12. The smallest absolute Gasteiger partial charge is 0.223 e. The van der Waals surface area contributed by atoms with E-state index in [0.717, 1.165) is 0 Å². The van der Waals surface area contributed by atoms with Gasteiger partial charge in [-0.15, -0.1) is 0 Å². The lowest BCUT2D eigenvalue weighted by molar-refractivity contribution is -0.130. The lowest BCUT2D eigenvalue weighted by Crippen LogP contribution is -2.29. The molecule has 1 amide bonds. The van der Waals surface area contributed by atoms with Gasteiger partial charge < -0.3 is 10.0 Å². The van der Waals surface area contributed by atoms with Crippen molar-refractivity contribution >= 4 is 23.0 Å². The van der Waals surface area contributed by atoms with Gasteiger partial charge in [-0.1, -0.05) is 30.3 Å². The van der Waals surface area contributed by atoms with Gasteiger partial charge in [0.15, 0.2) is 5.78 Å². The molecular formula is C19H21NO3S. The van der Waals surface area contributed by atoms with E-state index in [2.05, 4.69) is 11.4 Å². The number of likely N-dealkylation sites (tertiary alicyclic amines) is 1. The zero-order valence-corrected chi connectivity index (χ0v) is 14.2. The predicted molar refractivity (Wildman–Crippen MR) is 94.2 cm³/mol. The summed E-state index contributed by atoms with van der Waals surface area (Å²) in [5.74, 6) is 0.259. The number of hydrogen-bond acceptors (Lipinski definition) is 4. The summed E-state index contributed by atoms with van der Waals surface area (Å²) in [6.07, 6.45) is 0.453. The Morgan fingerprint density at radius 2 is 1.92 bits per heavy atom. The normalized spacial score (nSPS) is 20.3. The van der Waals surface area contributed by atoms with Crippen LogP contribution in [-0.4, -0.2) is 41.4 Å². The van der Waals surface area contributed by atoms with Crippen molar-refractivity contribution in [3.8, 4) is 0 Å². The number of amides is 1.